The van der Waals surface area contributed by atoms with Crippen molar-refractivity contribution in [2.24, 2.45) is 0 Å². The van der Waals surface area contributed by atoms with Crippen LogP contribution in [-0.4, -0.2) is 22.3 Å². The molecule has 0 aliphatic carbocycles. The molecule has 0 amide bonds. The molecule has 0 unspecified atom stereocenters. The Hall–Kier alpha value is -0.840. The molecule has 0 spiro atoms. The fourth-order valence-electron chi connectivity index (χ4n) is 0.352. The van der Waals surface area contributed by atoms with E-state index in [-0.39, 0.29) is 0 Å². The van der Waals surface area contributed by atoms with Gasteiger partial charge in [-0.25, -0.2) is 0 Å². The molecule has 0 fully saturated rings. The fraction of sp³-hybridized carbons (Fsp3) is 0.333. The predicted octanol–water partition coefficient (Wildman–Crippen LogP) is 0.476. The van der Waals surface area contributed by atoms with Crippen LogP contribution in [0.1, 0.15) is 0 Å². The smallest absolute Gasteiger partial charge is 0.311 e. The molecule has 4 nitrogen and oxygen atoms in total. The molecule has 0 saturated heterocycles. The zero-order valence-electron chi connectivity index (χ0n) is 4.26. The van der Waals surface area contributed by atoms with E-state index < -0.39 is 0 Å². The minimum Gasteiger partial charge on any atom is -0.467 e. The number of hydrogen-bond acceptors (Lipinski definition) is 3. The highest BCUT2D eigenvalue weighted by Crippen LogP contribution is 1.93. The predicted molar refractivity (Wildman–Crippen MR) is 30.3 cm³/mol. The molecule has 0 radical (unpaired) electrons. The highest BCUT2D eigenvalue weighted by molar-refractivity contribution is 7.71. The SMILES string of the molecule is COc1nc(=S)[nH][nH]1. The van der Waals surface area contributed by atoms with E-state index >= 15 is 0 Å². The largest absolute Gasteiger partial charge is 0.467 e. The molecule has 8 heavy (non-hydrogen) atoms. The van der Waals surface area contributed by atoms with Crippen LogP contribution in [0, 0.1) is 4.77 Å². The molecule has 2 N–H and O–H groups in total. The van der Waals surface area contributed by atoms with Gasteiger partial charge in [0.25, 0.3) is 0 Å². The van der Waals surface area contributed by atoms with Gasteiger partial charge in [-0.05, 0) is 12.2 Å². The maximum absolute atomic E-state index is 4.67. The Morgan fingerprint density at radius 2 is 2.38 bits per heavy atom. The van der Waals surface area contributed by atoms with E-state index in [4.69, 9.17) is 0 Å². The van der Waals surface area contributed by atoms with Crippen LogP contribution in [-0.2, 0) is 0 Å². The molecule has 1 aromatic rings. The van der Waals surface area contributed by atoms with Crippen molar-refractivity contribution in [3.8, 4) is 6.01 Å². The summed E-state index contributed by atoms with van der Waals surface area (Å²) in [6.07, 6.45) is 0. The molecule has 5 heteroatoms. The molecule has 1 aromatic heterocycles. The average molecular weight is 131 g/mol. The fourth-order valence-corrected chi connectivity index (χ4v) is 0.486. The first-order valence-electron chi connectivity index (χ1n) is 2.01. The minimum atomic E-state index is 0.404. The van der Waals surface area contributed by atoms with Crippen LogP contribution < -0.4 is 4.74 Å². The summed E-state index contributed by atoms with van der Waals surface area (Å²) in [6, 6.07) is 0.412. The van der Waals surface area contributed by atoms with E-state index in [2.05, 4.69) is 32.1 Å². The molecule has 0 atom stereocenters. The van der Waals surface area contributed by atoms with Gasteiger partial charge in [0.15, 0.2) is 0 Å². The second-order valence-electron chi connectivity index (χ2n) is 1.18. The summed E-state index contributed by atoms with van der Waals surface area (Å²) >= 11 is 4.62. The van der Waals surface area contributed by atoms with E-state index in [0.29, 0.717) is 10.8 Å². The molecule has 44 valence electrons. The lowest BCUT2D eigenvalue weighted by molar-refractivity contribution is 0.381. The molecule has 0 saturated carbocycles. The maximum atomic E-state index is 4.67. The van der Waals surface area contributed by atoms with Gasteiger partial charge in [0.1, 0.15) is 0 Å². The third-order valence-electron chi connectivity index (χ3n) is 0.673. The number of aromatic nitrogens is 3. The Morgan fingerprint density at radius 3 is 2.62 bits per heavy atom. The Balaban J connectivity index is 3.01. The normalized spacial score (nSPS) is 9.12. The van der Waals surface area contributed by atoms with E-state index in [9.17, 15) is 0 Å². The van der Waals surface area contributed by atoms with Gasteiger partial charge in [-0.2, -0.15) is 4.98 Å². The first kappa shape index (κ1) is 5.30. The van der Waals surface area contributed by atoms with Crippen molar-refractivity contribution in [2.45, 2.75) is 0 Å². The van der Waals surface area contributed by atoms with Crippen LogP contribution in [0.5, 0.6) is 6.01 Å². The topological polar surface area (TPSA) is 53.7 Å². The molecular formula is C3H5N3OS. The summed E-state index contributed by atoms with van der Waals surface area (Å²) in [6.45, 7) is 0. The number of nitrogens with zero attached hydrogens (tertiary/aromatic N) is 1. The van der Waals surface area contributed by atoms with Crippen LogP contribution in [0.15, 0.2) is 0 Å². The Labute approximate surface area is 50.9 Å². The third-order valence-corrected chi connectivity index (χ3v) is 0.866. The van der Waals surface area contributed by atoms with Crippen molar-refractivity contribution in [1.29, 1.82) is 0 Å². The van der Waals surface area contributed by atoms with Gasteiger partial charge in [0, 0.05) is 0 Å². The van der Waals surface area contributed by atoms with Crippen LogP contribution in [0.25, 0.3) is 0 Å². The Bertz CT molecular complexity index is 214. The van der Waals surface area contributed by atoms with Gasteiger partial charge >= 0.3 is 6.01 Å². The quantitative estimate of drug-likeness (QED) is 0.545. The molecule has 0 aliphatic heterocycles. The highest BCUT2D eigenvalue weighted by Gasteiger charge is 1.88. The van der Waals surface area contributed by atoms with Gasteiger partial charge in [-0.15, -0.1) is 0 Å². The summed E-state index contributed by atoms with van der Waals surface area (Å²) in [5, 5.41) is 5.17. The van der Waals surface area contributed by atoms with Crippen molar-refractivity contribution >= 4 is 12.2 Å². The zero-order valence-corrected chi connectivity index (χ0v) is 5.08. The summed E-state index contributed by atoms with van der Waals surface area (Å²) < 4.78 is 5.07. The van der Waals surface area contributed by atoms with Crippen LogP contribution in [0.4, 0.5) is 0 Å². The van der Waals surface area contributed by atoms with E-state index in [0.717, 1.165) is 0 Å². The number of aromatic amines is 2. The number of nitrogens with one attached hydrogen (secondary N) is 2. The second kappa shape index (κ2) is 1.95. The Morgan fingerprint density at radius 1 is 1.62 bits per heavy atom. The molecule has 0 aromatic carbocycles. The number of ether oxygens (including phenoxy) is 1. The van der Waals surface area contributed by atoms with Gasteiger partial charge < -0.3 is 4.74 Å². The third kappa shape index (κ3) is 0.865. The number of rotatable bonds is 1. The van der Waals surface area contributed by atoms with Crippen LogP contribution in [0.3, 0.4) is 0 Å². The Kier molecular flexibility index (Phi) is 1.29. The summed E-state index contributed by atoms with van der Waals surface area (Å²) in [7, 11) is 1.52. The number of methoxy groups -OCH3 is 1. The molecular weight excluding hydrogens is 126 g/mol. The van der Waals surface area contributed by atoms with E-state index in [1.165, 1.54) is 7.11 Å². The van der Waals surface area contributed by atoms with Gasteiger partial charge in [-0.3, -0.25) is 10.2 Å². The summed E-state index contributed by atoms with van der Waals surface area (Å²) in [5.41, 5.74) is 0. The van der Waals surface area contributed by atoms with Crippen molar-refractivity contribution in [3.05, 3.63) is 4.77 Å². The molecule has 0 aliphatic rings. The molecule has 1 rings (SSSR count). The summed E-state index contributed by atoms with van der Waals surface area (Å²) in [5.74, 6) is 0. The number of H-pyrrole nitrogens is 2. The van der Waals surface area contributed by atoms with Crippen molar-refractivity contribution < 1.29 is 4.74 Å². The first-order chi connectivity index (χ1) is 3.83. The first-order valence-corrected chi connectivity index (χ1v) is 2.42. The second-order valence-corrected chi connectivity index (χ2v) is 1.56. The monoisotopic (exact) mass is 131 g/mol. The van der Waals surface area contributed by atoms with Crippen molar-refractivity contribution in [2.75, 3.05) is 7.11 Å². The van der Waals surface area contributed by atoms with E-state index in [1.807, 2.05) is 0 Å². The van der Waals surface area contributed by atoms with Crippen LogP contribution in [0.2, 0.25) is 0 Å². The highest BCUT2D eigenvalue weighted by atomic mass is 32.1. The van der Waals surface area contributed by atoms with Gasteiger partial charge in [0.2, 0.25) is 4.77 Å². The minimum absolute atomic E-state index is 0.404. The lowest BCUT2D eigenvalue weighted by atomic mass is 11.2. The number of hydrogen-bond donors (Lipinski definition) is 2. The summed E-state index contributed by atoms with van der Waals surface area (Å²) in [4.78, 5) is 3.71. The van der Waals surface area contributed by atoms with Crippen LogP contribution >= 0.6 is 12.2 Å². The lowest BCUT2D eigenvalue weighted by Crippen LogP contribution is -1.82. The van der Waals surface area contributed by atoms with Gasteiger partial charge in [0.05, 0.1) is 7.11 Å². The van der Waals surface area contributed by atoms with Gasteiger partial charge in [-0.1, -0.05) is 0 Å². The average Bonchev–Trinajstić information content (AvgIpc) is 2.14. The van der Waals surface area contributed by atoms with E-state index in [1.54, 1.807) is 0 Å². The zero-order chi connectivity index (χ0) is 5.98. The standard InChI is InChI=1S/C3H5N3OS/c1-7-2-4-3(8)6-5-2/h1H3,(H2,4,5,6,8). The molecule has 0 bridgehead atoms. The van der Waals surface area contributed by atoms with Crippen molar-refractivity contribution in [3.63, 3.8) is 0 Å². The maximum Gasteiger partial charge on any atom is 0.311 e. The van der Waals surface area contributed by atoms with Crippen molar-refractivity contribution in [1.82, 2.24) is 15.2 Å². The molecule has 1 heterocycles. The lowest BCUT2D eigenvalue weighted by Gasteiger charge is -1.84.